The molecule has 3 rings (SSSR count). The van der Waals surface area contributed by atoms with Crippen molar-refractivity contribution in [3.63, 3.8) is 0 Å². The van der Waals surface area contributed by atoms with Crippen LogP contribution < -0.4 is 5.73 Å². The van der Waals surface area contributed by atoms with Gasteiger partial charge in [-0.05, 0) is 48.8 Å². The minimum absolute atomic E-state index is 0.374. The molecule has 0 unspecified atom stereocenters. The van der Waals surface area contributed by atoms with E-state index in [9.17, 15) is 0 Å². The van der Waals surface area contributed by atoms with Gasteiger partial charge in [-0.15, -0.1) is 0 Å². The molecule has 19 heavy (non-hydrogen) atoms. The minimum Gasteiger partial charge on any atom is -0.330 e. The SMILES string of the molecule is CN(CCCN)C1c2ccccc2-c2ccccc21. The van der Waals surface area contributed by atoms with Gasteiger partial charge in [0.15, 0.2) is 0 Å². The molecule has 0 saturated heterocycles. The Labute approximate surface area is 114 Å². The van der Waals surface area contributed by atoms with Crippen LogP contribution in [0.15, 0.2) is 48.5 Å². The normalized spacial score (nSPS) is 13.6. The second-order valence-corrected chi connectivity index (χ2v) is 5.20. The second kappa shape index (κ2) is 5.16. The van der Waals surface area contributed by atoms with Crippen molar-refractivity contribution in [1.29, 1.82) is 0 Å². The molecule has 0 atom stereocenters. The van der Waals surface area contributed by atoms with Gasteiger partial charge in [0.1, 0.15) is 0 Å². The number of nitrogens with zero attached hydrogens (tertiary/aromatic N) is 1. The van der Waals surface area contributed by atoms with Crippen molar-refractivity contribution in [2.24, 2.45) is 5.73 Å². The van der Waals surface area contributed by atoms with Crippen molar-refractivity contribution in [3.05, 3.63) is 59.7 Å². The lowest BCUT2D eigenvalue weighted by molar-refractivity contribution is 0.281. The van der Waals surface area contributed by atoms with Crippen LogP contribution in [0.5, 0.6) is 0 Å². The maximum absolute atomic E-state index is 5.64. The molecular weight excluding hydrogens is 232 g/mol. The predicted molar refractivity (Wildman–Crippen MR) is 80.0 cm³/mol. The summed E-state index contributed by atoms with van der Waals surface area (Å²) in [5.74, 6) is 0. The third-order valence-electron chi connectivity index (χ3n) is 3.96. The van der Waals surface area contributed by atoms with Gasteiger partial charge in [-0.3, -0.25) is 4.90 Å². The van der Waals surface area contributed by atoms with Gasteiger partial charge in [-0.25, -0.2) is 0 Å². The van der Waals surface area contributed by atoms with Crippen LogP contribution in [-0.4, -0.2) is 25.0 Å². The summed E-state index contributed by atoms with van der Waals surface area (Å²) in [6, 6.07) is 17.8. The summed E-state index contributed by atoms with van der Waals surface area (Å²) in [4.78, 5) is 2.41. The van der Waals surface area contributed by atoms with Crippen LogP contribution >= 0.6 is 0 Å². The van der Waals surface area contributed by atoms with E-state index in [1.54, 1.807) is 0 Å². The van der Waals surface area contributed by atoms with Crippen molar-refractivity contribution in [2.75, 3.05) is 20.1 Å². The maximum atomic E-state index is 5.64. The monoisotopic (exact) mass is 252 g/mol. The van der Waals surface area contributed by atoms with Crippen molar-refractivity contribution >= 4 is 0 Å². The number of fused-ring (bicyclic) bond motifs is 3. The largest absolute Gasteiger partial charge is 0.330 e. The summed E-state index contributed by atoms with van der Waals surface area (Å²) < 4.78 is 0. The highest BCUT2D eigenvalue weighted by Crippen LogP contribution is 2.45. The minimum atomic E-state index is 0.374. The lowest BCUT2D eigenvalue weighted by Gasteiger charge is -2.26. The summed E-state index contributed by atoms with van der Waals surface area (Å²) in [5, 5.41) is 0. The molecule has 2 aromatic carbocycles. The van der Waals surface area contributed by atoms with E-state index in [0.717, 1.165) is 19.5 Å². The summed E-state index contributed by atoms with van der Waals surface area (Å²) in [7, 11) is 2.19. The highest BCUT2D eigenvalue weighted by molar-refractivity contribution is 5.78. The van der Waals surface area contributed by atoms with Gasteiger partial charge in [-0.2, -0.15) is 0 Å². The Hall–Kier alpha value is -1.64. The summed E-state index contributed by atoms with van der Waals surface area (Å²) in [6.45, 7) is 1.78. The molecule has 1 aliphatic carbocycles. The average molecular weight is 252 g/mol. The fourth-order valence-electron chi connectivity index (χ4n) is 3.07. The van der Waals surface area contributed by atoms with Crippen LogP contribution in [0, 0.1) is 0 Å². The second-order valence-electron chi connectivity index (χ2n) is 5.20. The zero-order valence-electron chi connectivity index (χ0n) is 11.3. The van der Waals surface area contributed by atoms with Gasteiger partial charge in [0, 0.05) is 0 Å². The Morgan fingerprint density at radius 1 is 0.947 bits per heavy atom. The first-order chi connectivity index (χ1) is 9.33. The van der Waals surface area contributed by atoms with Crippen molar-refractivity contribution in [2.45, 2.75) is 12.5 Å². The van der Waals surface area contributed by atoms with Gasteiger partial charge < -0.3 is 5.73 Å². The van der Waals surface area contributed by atoms with E-state index in [1.807, 2.05) is 0 Å². The Bertz CT molecular complexity index is 531. The Morgan fingerprint density at radius 2 is 1.47 bits per heavy atom. The van der Waals surface area contributed by atoms with Crippen LogP contribution in [0.3, 0.4) is 0 Å². The van der Waals surface area contributed by atoms with Gasteiger partial charge in [-0.1, -0.05) is 48.5 Å². The predicted octanol–water partition coefficient (Wildman–Crippen LogP) is 3.04. The van der Waals surface area contributed by atoms with Gasteiger partial charge in [0.05, 0.1) is 6.04 Å². The zero-order chi connectivity index (χ0) is 13.2. The Morgan fingerprint density at radius 3 is 2.00 bits per heavy atom. The number of hydrogen-bond donors (Lipinski definition) is 1. The smallest absolute Gasteiger partial charge is 0.0611 e. The fraction of sp³-hybridized carbons (Fsp3) is 0.294. The van der Waals surface area contributed by atoms with Gasteiger partial charge in [0.2, 0.25) is 0 Å². The zero-order valence-corrected chi connectivity index (χ0v) is 11.3. The van der Waals surface area contributed by atoms with Crippen LogP contribution in [0.4, 0.5) is 0 Å². The van der Waals surface area contributed by atoms with Crippen LogP contribution in [-0.2, 0) is 0 Å². The standard InChI is InChI=1S/C17H20N2/c1-19(12-6-11-18)17-15-9-4-2-7-13(15)14-8-3-5-10-16(14)17/h2-5,7-10,17H,6,11-12,18H2,1H3. The van der Waals surface area contributed by atoms with Gasteiger partial charge >= 0.3 is 0 Å². The summed E-state index contributed by atoms with van der Waals surface area (Å²) in [5.41, 5.74) is 11.2. The first kappa shape index (κ1) is 12.4. The molecule has 0 fully saturated rings. The molecule has 0 radical (unpaired) electrons. The molecule has 0 bridgehead atoms. The number of benzene rings is 2. The van der Waals surface area contributed by atoms with Crippen LogP contribution in [0.2, 0.25) is 0 Å². The van der Waals surface area contributed by atoms with Crippen molar-refractivity contribution in [1.82, 2.24) is 4.90 Å². The molecule has 0 aromatic heterocycles. The lowest BCUT2D eigenvalue weighted by atomic mass is 10.0. The number of nitrogens with two attached hydrogens (primary N) is 1. The van der Waals surface area contributed by atoms with E-state index < -0.39 is 0 Å². The fourth-order valence-corrected chi connectivity index (χ4v) is 3.07. The van der Waals surface area contributed by atoms with Crippen molar-refractivity contribution in [3.8, 4) is 11.1 Å². The van der Waals surface area contributed by atoms with Crippen molar-refractivity contribution < 1.29 is 0 Å². The molecule has 0 spiro atoms. The number of rotatable bonds is 4. The first-order valence-electron chi connectivity index (χ1n) is 6.91. The topological polar surface area (TPSA) is 29.3 Å². The van der Waals surface area contributed by atoms with E-state index in [0.29, 0.717) is 6.04 Å². The summed E-state index contributed by atoms with van der Waals surface area (Å²) in [6.07, 6.45) is 1.04. The van der Waals surface area contributed by atoms with E-state index in [2.05, 4.69) is 60.5 Å². The van der Waals surface area contributed by atoms with E-state index >= 15 is 0 Å². The third kappa shape index (κ3) is 2.07. The van der Waals surface area contributed by atoms with Crippen LogP contribution in [0.25, 0.3) is 11.1 Å². The lowest BCUT2D eigenvalue weighted by Crippen LogP contribution is -2.26. The van der Waals surface area contributed by atoms with Crippen LogP contribution in [0.1, 0.15) is 23.6 Å². The highest BCUT2D eigenvalue weighted by atomic mass is 15.1. The molecule has 0 saturated carbocycles. The molecule has 0 aliphatic heterocycles. The summed E-state index contributed by atoms with van der Waals surface area (Å²) >= 11 is 0. The molecule has 2 nitrogen and oxygen atoms in total. The van der Waals surface area contributed by atoms with Gasteiger partial charge in [0.25, 0.3) is 0 Å². The average Bonchev–Trinajstić information content (AvgIpc) is 2.79. The molecular formula is C17H20N2. The third-order valence-corrected chi connectivity index (χ3v) is 3.96. The highest BCUT2D eigenvalue weighted by Gasteiger charge is 2.30. The van der Waals surface area contributed by atoms with E-state index in [1.165, 1.54) is 22.3 Å². The molecule has 98 valence electrons. The quantitative estimate of drug-likeness (QED) is 0.906. The Balaban J connectivity index is 2.04. The van der Waals surface area contributed by atoms with E-state index in [4.69, 9.17) is 5.73 Å². The first-order valence-corrected chi connectivity index (χ1v) is 6.91. The Kier molecular flexibility index (Phi) is 3.36. The van der Waals surface area contributed by atoms with E-state index in [-0.39, 0.29) is 0 Å². The maximum Gasteiger partial charge on any atom is 0.0611 e. The molecule has 0 heterocycles. The molecule has 2 aromatic rings. The molecule has 2 N–H and O–H groups in total. The molecule has 1 aliphatic rings. The molecule has 0 amide bonds. The number of hydrogen-bond acceptors (Lipinski definition) is 2. The molecule has 2 heteroatoms.